The second kappa shape index (κ2) is 6.07. The van der Waals surface area contributed by atoms with Gasteiger partial charge in [-0.15, -0.1) is 11.8 Å². The van der Waals surface area contributed by atoms with E-state index in [1.807, 2.05) is 30.6 Å². The first-order valence-corrected chi connectivity index (χ1v) is 6.92. The fourth-order valence-electron chi connectivity index (χ4n) is 1.40. The normalized spacial score (nSPS) is 10.2. The summed E-state index contributed by atoms with van der Waals surface area (Å²) in [6, 6.07) is 10.2. The van der Waals surface area contributed by atoms with Gasteiger partial charge in [-0.1, -0.05) is 6.07 Å². The number of aromatic nitrogens is 1. The maximum Gasteiger partial charge on any atom is 0.133 e. The zero-order valence-electron chi connectivity index (χ0n) is 9.39. The molecule has 0 saturated carbocycles. The van der Waals surface area contributed by atoms with Crippen molar-refractivity contribution in [2.45, 2.75) is 10.6 Å². The molecule has 4 heteroatoms. The molecule has 0 aliphatic rings. The Hall–Kier alpha value is -1.00. The molecule has 0 fully saturated rings. The predicted octanol–water partition coefficient (Wildman–Crippen LogP) is 4.15. The molecule has 0 unspecified atom stereocenters. The number of pyridine rings is 1. The molecule has 1 heterocycles. The second-order valence-corrected chi connectivity index (χ2v) is 5.34. The molecule has 0 bridgehead atoms. The lowest BCUT2D eigenvalue weighted by atomic mass is 10.2. The predicted molar refractivity (Wildman–Crippen MR) is 74.5 cm³/mol. The summed E-state index contributed by atoms with van der Waals surface area (Å²) in [6.07, 6.45) is 3.62. The molecule has 0 spiro atoms. The summed E-state index contributed by atoms with van der Waals surface area (Å²) in [5.74, 6) is 1.80. The SMILES string of the molecule is COc1ccc(CSc2ccncc2)cc1Br. The number of methoxy groups -OCH3 is 1. The summed E-state index contributed by atoms with van der Waals surface area (Å²) in [6.45, 7) is 0. The third kappa shape index (κ3) is 3.48. The maximum atomic E-state index is 5.20. The smallest absolute Gasteiger partial charge is 0.133 e. The largest absolute Gasteiger partial charge is 0.496 e. The van der Waals surface area contributed by atoms with E-state index < -0.39 is 0 Å². The molecule has 88 valence electrons. The first-order valence-electron chi connectivity index (χ1n) is 5.15. The molecule has 1 aromatic carbocycles. The van der Waals surface area contributed by atoms with E-state index in [9.17, 15) is 0 Å². The van der Waals surface area contributed by atoms with Crippen molar-refractivity contribution < 1.29 is 4.74 Å². The van der Waals surface area contributed by atoms with Gasteiger partial charge in [-0.2, -0.15) is 0 Å². The molecule has 2 nitrogen and oxygen atoms in total. The summed E-state index contributed by atoms with van der Waals surface area (Å²) in [5.41, 5.74) is 1.26. The Labute approximate surface area is 114 Å². The number of nitrogens with zero attached hydrogens (tertiary/aromatic N) is 1. The monoisotopic (exact) mass is 309 g/mol. The average molecular weight is 310 g/mol. The van der Waals surface area contributed by atoms with E-state index in [-0.39, 0.29) is 0 Å². The fourth-order valence-corrected chi connectivity index (χ4v) is 2.82. The highest BCUT2D eigenvalue weighted by Crippen LogP contribution is 2.28. The third-order valence-electron chi connectivity index (χ3n) is 2.27. The van der Waals surface area contributed by atoms with Crippen molar-refractivity contribution in [3.05, 3.63) is 52.8 Å². The van der Waals surface area contributed by atoms with Gasteiger partial charge in [0, 0.05) is 23.0 Å². The Morgan fingerprint density at radius 2 is 2.00 bits per heavy atom. The van der Waals surface area contributed by atoms with Crippen LogP contribution in [0.3, 0.4) is 0 Å². The second-order valence-electron chi connectivity index (χ2n) is 3.44. The van der Waals surface area contributed by atoms with Crippen LogP contribution in [0.4, 0.5) is 0 Å². The first-order chi connectivity index (χ1) is 8.29. The van der Waals surface area contributed by atoms with Gasteiger partial charge in [0.2, 0.25) is 0 Å². The highest BCUT2D eigenvalue weighted by molar-refractivity contribution is 9.10. The molecule has 0 aliphatic heterocycles. The van der Waals surface area contributed by atoms with Crippen molar-refractivity contribution in [2.75, 3.05) is 7.11 Å². The first kappa shape index (κ1) is 12.5. The van der Waals surface area contributed by atoms with Gasteiger partial charge in [-0.3, -0.25) is 4.98 Å². The fraction of sp³-hybridized carbons (Fsp3) is 0.154. The van der Waals surface area contributed by atoms with Crippen molar-refractivity contribution in [1.29, 1.82) is 0 Å². The summed E-state index contributed by atoms with van der Waals surface area (Å²) in [4.78, 5) is 5.23. The number of rotatable bonds is 4. The van der Waals surface area contributed by atoms with Crippen molar-refractivity contribution in [3.8, 4) is 5.75 Å². The Balaban J connectivity index is 2.02. The van der Waals surface area contributed by atoms with Gasteiger partial charge in [-0.25, -0.2) is 0 Å². The number of ether oxygens (including phenoxy) is 1. The minimum Gasteiger partial charge on any atom is -0.496 e. The van der Waals surface area contributed by atoms with E-state index in [0.29, 0.717) is 0 Å². The summed E-state index contributed by atoms with van der Waals surface area (Å²) in [7, 11) is 1.67. The number of halogens is 1. The number of hydrogen-bond donors (Lipinski definition) is 0. The van der Waals surface area contributed by atoms with Crippen LogP contribution < -0.4 is 4.74 Å². The van der Waals surface area contributed by atoms with Crippen LogP contribution in [0.25, 0.3) is 0 Å². The quantitative estimate of drug-likeness (QED) is 0.792. The molecule has 0 amide bonds. The van der Waals surface area contributed by atoms with Gasteiger partial charge in [-0.05, 0) is 45.8 Å². The van der Waals surface area contributed by atoms with E-state index in [4.69, 9.17) is 4.74 Å². The minimum absolute atomic E-state index is 0.864. The highest BCUT2D eigenvalue weighted by atomic mass is 79.9. The van der Waals surface area contributed by atoms with Gasteiger partial charge in [0.05, 0.1) is 11.6 Å². The Kier molecular flexibility index (Phi) is 4.45. The molecule has 0 saturated heterocycles. The van der Waals surface area contributed by atoms with Crippen LogP contribution in [0.5, 0.6) is 5.75 Å². The van der Waals surface area contributed by atoms with E-state index >= 15 is 0 Å². The maximum absolute atomic E-state index is 5.20. The van der Waals surface area contributed by atoms with Crippen LogP contribution >= 0.6 is 27.7 Å². The van der Waals surface area contributed by atoms with Gasteiger partial charge >= 0.3 is 0 Å². The van der Waals surface area contributed by atoms with Gasteiger partial charge in [0.25, 0.3) is 0 Å². The number of benzene rings is 1. The molecule has 0 N–H and O–H groups in total. The van der Waals surface area contributed by atoms with Crippen LogP contribution in [0, 0.1) is 0 Å². The van der Waals surface area contributed by atoms with Crippen molar-refractivity contribution in [2.24, 2.45) is 0 Å². The molecule has 2 rings (SSSR count). The average Bonchev–Trinajstić information content (AvgIpc) is 2.38. The van der Waals surface area contributed by atoms with Crippen LogP contribution in [0.1, 0.15) is 5.56 Å². The van der Waals surface area contributed by atoms with Gasteiger partial charge in [0.1, 0.15) is 5.75 Å². The molecule has 1 aromatic heterocycles. The van der Waals surface area contributed by atoms with E-state index in [1.165, 1.54) is 10.5 Å². The zero-order chi connectivity index (χ0) is 12.1. The summed E-state index contributed by atoms with van der Waals surface area (Å²) >= 11 is 5.28. The zero-order valence-corrected chi connectivity index (χ0v) is 11.8. The van der Waals surface area contributed by atoms with Crippen LogP contribution in [0.15, 0.2) is 52.1 Å². The number of thioether (sulfide) groups is 1. The Morgan fingerprint density at radius 3 is 2.65 bits per heavy atom. The summed E-state index contributed by atoms with van der Waals surface area (Å²) < 4.78 is 6.19. The lowest BCUT2D eigenvalue weighted by Gasteiger charge is -2.06. The van der Waals surface area contributed by atoms with Gasteiger partial charge < -0.3 is 4.74 Å². The molecule has 0 aliphatic carbocycles. The molecule has 0 radical (unpaired) electrons. The van der Waals surface area contributed by atoms with Crippen molar-refractivity contribution in [3.63, 3.8) is 0 Å². The van der Waals surface area contributed by atoms with Crippen LogP contribution in [-0.2, 0) is 5.75 Å². The molecule has 2 aromatic rings. The molecule has 0 atom stereocenters. The molecular weight excluding hydrogens is 298 g/mol. The minimum atomic E-state index is 0.864. The summed E-state index contributed by atoms with van der Waals surface area (Å²) in [5, 5.41) is 0. The van der Waals surface area contributed by atoms with E-state index in [2.05, 4.69) is 33.0 Å². The van der Waals surface area contributed by atoms with E-state index in [1.54, 1.807) is 18.9 Å². The van der Waals surface area contributed by atoms with E-state index in [0.717, 1.165) is 16.0 Å². The van der Waals surface area contributed by atoms with Crippen LogP contribution in [0.2, 0.25) is 0 Å². The Bertz CT molecular complexity index is 490. The Morgan fingerprint density at radius 1 is 1.24 bits per heavy atom. The topological polar surface area (TPSA) is 22.1 Å². The molecule has 17 heavy (non-hydrogen) atoms. The third-order valence-corrected chi connectivity index (χ3v) is 3.97. The lowest BCUT2D eigenvalue weighted by molar-refractivity contribution is 0.412. The lowest BCUT2D eigenvalue weighted by Crippen LogP contribution is -1.86. The number of hydrogen-bond acceptors (Lipinski definition) is 3. The highest BCUT2D eigenvalue weighted by Gasteiger charge is 2.02. The van der Waals surface area contributed by atoms with Crippen molar-refractivity contribution in [1.82, 2.24) is 4.98 Å². The molecular formula is C13H12BrNOS. The standard InChI is InChI=1S/C13H12BrNOS/c1-16-13-3-2-10(8-12(13)14)9-17-11-4-6-15-7-5-11/h2-8H,9H2,1H3. The van der Waals surface area contributed by atoms with Crippen molar-refractivity contribution >= 4 is 27.7 Å². The van der Waals surface area contributed by atoms with Gasteiger partial charge in [0.15, 0.2) is 0 Å². The van der Waals surface area contributed by atoms with Crippen LogP contribution in [-0.4, -0.2) is 12.1 Å².